The van der Waals surface area contributed by atoms with E-state index in [1.807, 2.05) is 0 Å². The molecule has 82 valence electrons. The van der Waals surface area contributed by atoms with E-state index in [9.17, 15) is 10.1 Å². The Hall–Kier alpha value is -1.95. The highest BCUT2D eigenvalue weighted by atomic mass is 35.5. The quantitative estimate of drug-likeness (QED) is 0.593. The third-order valence-electron chi connectivity index (χ3n) is 2.02. The second kappa shape index (κ2) is 3.90. The van der Waals surface area contributed by atoms with Gasteiger partial charge in [-0.3, -0.25) is 10.1 Å². The van der Waals surface area contributed by atoms with E-state index in [1.165, 1.54) is 11.6 Å². The zero-order chi connectivity index (χ0) is 11.7. The summed E-state index contributed by atoms with van der Waals surface area (Å²) in [4.78, 5) is 14.2. The van der Waals surface area contributed by atoms with Gasteiger partial charge in [0, 0.05) is 6.20 Å². The van der Waals surface area contributed by atoms with Crippen molar-refractivity contribution in [3.63, 3.8) is 0 Å². The van der Waals surface area contributed by atoms with E-state index >= 15 is 0 Å². The first-order valence-electron chi connectivity index (χ1n) is 4.42. The summed E-state index contributed by atoms with van der Waals surface area (Å²) in [5.74, 6) is 0.448. The van der Waals surface area contributed by atoms with Crippen molar-refractivity contribution in [3.8, 4) is 5.82 Å². The summed E-state index contributed by atoms with van der Waals surface area (Å²) in [7, 11) is 0. The van der Waals surface area contributed by atoms with Gasteiger partial charge in [0.15, 0.2) is 5.82 Å². The molecule has 16 heavy (non-hydrogen) atoms. The largest absolute Gasteiger partial charge is 0.329 e. The lowest BCUT2D eigenvalue weighted by molar-refractivity contribution is -0.385. The Morgan fingerprint density at radius 2 is 2.25 bits per heavy atom. The van der Waals surface area contributed by atoms with Crippen LogP contribution in [0, 0.1) is 17.0 Å². The molecule has 0 radical (unpaired) electrons. The van der Waals surface area contributed by atoms with E-state index in [2.05, 4.69) is 10.1 Å². The van der Waals surface area contributed by atoms with Crippen molar-refractivity contribution in [2.45, 2.75) is 6.92 Å². The molecule has 0 spiro atoms. The van der Waals surface area contributed by atoms with Crippen molar-refractivity contribution in [2.75, 3.05) is 0 Å². The first-order valence-corrected chi connectivity index (χ1v) is 4.80. The predicted molar refractivity (Wildman–Crippen MR) is 57.8 cm³/mol. The minimum Gasteiger partial charge on any atom is -0.258 e. The maximum atomic E-state index is 10.7. The second-order valence-electron chi connectivity index (χ2n) is 3.08. The Kier molecular flexibility index (Phi) is 2.57. The van der Waals surface area contributed by atoms with Crippen molar-refractivity contribution in [2.24, 2.45) is 0 Å². The highest BCUT2D eigenvalue weighted by molar-refractivity contribution is 6.32. The zero-order valence-corrected chi connectivity index (χ0v) is 9.05. The Labute approximate surface area is 95.6 Å². The maximum absolute atomic E-state index is 10.7. The monoisotopic (exact) mass is 238 g/mol. The molecule has 2 heterocycles. The lowest BCUT2D eigenvalue weighted by Gasteiger charge is -1.99. The summed E-state index contributed by atoms with van der Waals surface area (Å²) >= 11 is 5.88. The van der Waals surface area contributed by atoms with Gasteiger partial charge in [0.2, 0.25) is 5.15 Å². The van der Waals surface area contributed by atoms with E-state index in [1.54, 1.807) is 24.4 Å². The molecular weight excluding hydrogens is 232 g/mol. The van der Waals surface area contributed by atoms with Crippen LogP contribution in [-0.2, 0) is 0 Å². The van der Waals surface area contributed by atoms with E-state index in [4.69, 9.17) is 11.6 Å². The fraction of sp³-hybridized carbons (Fsp3) is 0.111. The van der Waals surface area contributed by atoms with Crippen LogP contribution in [0.3, 0.4) is 0 Å². The molecule has 2 rings (SSSR count). The Balaban J connectivity index is 2.61. The van der Waals surface area contributed by atoms with Crippen LogP contribution in [0.4, 0.5) is 5.69 Å². The van der Waals surface area contributed by atoms with Crippen molar-refractivity contribution >= 4 is 17.3 Å². The zero-order valence-electron chi connectivity index (χ0n) is 8.29. The molecule has 0 fully saturated rings. The smallest absolute Gasteiger partial charge is 0.258 e. The number of rotatable bonds is 2. The van der Waals surface area contributed by atoms with E-state index in [-0.39, 0.29) is 16.5 Å². The minimum absolute atomic E-state index is 0.0406. The van der Waals surface area contributed by atoms with Gasteiger partial charge >= 0.3 is 5.69 Å². The third-order valence-corrected chi connectivity index (χ3v) is 2.36. The molecule has 6 nitrogen and oxygen atoms in total. The third kappa shape index (κ3) is 1.63. The van der Waals surface area contributed by atoms with Crippen molar-refractivity contribution in [3.05, 3.63) is 45.4 Å². The highest BCUT2D eigenvalue weighted by Gasteiger charge is 2.24. The summed E-state index contributed by atoms with van der Waals surface area (Å²) in [6, 6.07) is 5.16. The van der Waals surface area contributed by atoms with Gasteiger partial charge in [0.25, 0.3) is 0 Å². The van der Waals surface area contributed by atoms with Crippen LogP contribution >= 0.6 is 11.6 Å². The summed E-state index contributed by atoms with van der Waals surface area (Å²) in [6.07, 6.45) is 1.56. The van der Waals surface area contributed by atoms with Crippen LogP contribution in [0.15, 0.2) is 24.4 Å². The number of nitro groups is 1. The fourth-order valence-electron chi connectivity index (χ4n) is 1.33. The normalized spacial score (nSPS) is 10.4. The molecule has 0 aliphatic heterocycles. The van der Waals surface area contributed by atoms with Gasteiger partial charge in [-0.2, -0.15) is 9.78 Å². The van der Waals surface area contributed by atoms with Gasteiger partial charge in [0.05, 0.1) is 4.92 Å². The lowest BCUT2D eigenvalue weighted by Crippen LogP contribution is -1.99. The average molecular weight is 239 g/mol. The summed E-state index contributed by atoms with van der Waals surface area (Å²) in [5, 5.41) is 14.7. The summed E-state index contributed by atoms with van der Waals surface area (Å²) in [5.41, 5.74) is 0.0768. The van der Waals surface area contributed by atoms with Crippen LogP contribution in [0.2, 0.25) is 5.15 Å². The van der Waals surface area contributed by atoms with Gasteiger partial charge in [-0.15, -0.1) is 0 Å². The van der Waals surface area contributed by atoms with Gasteiger partial charge in [-0.25, -0.2) is 4.98 Å². The molecule has 2 aromatic rings. The van der Waals surface area contributed by atoms with E-state index < -0.39 is 4.92 Å². The van der Waals surface area contributed by atoms with E-state index in [0.29, 0.717) is 5.82 Å². The molecule has 2 aromatic heterocycles. The molecule has 0 unspecified atom stereocenters. The molecule has 0 N–H and O–H groups in total. The highest BCUT2D eigenvalue weighted by Crippen LogP contribution is 2.29. The number of nitrogens with zero attached hydrogens (tertiary/aromatic N) is 4. The first kappa shape index (κ1) is 10.6. The Morgan fingerprint density at radius 3 is 2.75 bits per heavy atom. The summed E-state index contributed by atoms with van der Waals surface area (Å²) < 4.78 is 1.25. The molecule has 0 saturated carbocycles. The molecule has 0 bridgehead atoms. The van der Waals surface area contributed by atoms with Crippen molar-refractivity contribution in [1.29, 1.82) is 0 Å². The minimum atomic E-state index is -0.551. The Bertz CT molecular complexity index is 538. The molecule has 0 aliphatic rings. The van der Waals surface area contributed by atoms with E-state index in [0.717, 1.165) is 0 Å². The molecule has 0 saturated heterocycles. The molecule has 0 aromatic carbocycles. The maximum Gasteiger partial charge on any atom is 0.329 e. The number of halogens is 1. The number of hydrogen-bond donors (Lipinski definition) is 0. The van der Waals surface area contributed by atoms with Gasteiger partial charge in [-0.05, 0) is 19.1 Å². The van der Waals surface area contributed by atoms with Gasteiger partial charge < -0.3 is 0 Å². The van der Waals surface area contributed by atoms with Crippen LogP contribution < -0.4 is 0 Å². The van der Waals surface area contributed by atoms with Gasteiger partial charge in [0.1, 0.15) is 5.69 Å². The molecule has 0 amide bonds. The average Bonchev–Trinajstić information content (AvgIpc) is 2.55. The second-order valence-corrected chi connectivity index (χ2v) is 3.44. The van der Waals surface area contributed by atoms with Crippen LogP contribution in [0.5, 0.6) is 0 Å². The molecule has 0 atom stereocenters. The number of aryl methyl sites for hydroxylation is 1. The molecular formula is C9H7ClN4O2. The summed E-state index contributed by atoms with van der Waals surface area (Å²) in [6.45, 7) is 1.53. The Morgan fingerprint density at radius 1 is 1.50 bits per heavy atom. The van der Waals surface area contributed by atoms with Crippen LogP contribution in [0.1, 0.15) is 5.69 Å². The predicted octanol–water partition coefficient (Wildman–Crippen LogP) is 2.14. The fourth-order valence-corrected chi connectivity index (χ4v) is 1.66. The topological polar surface area (TPSA) is 73.8 Å². The van der Waals surface area contributed by atoms with Crippen molar-refractivity contribution in [1.82, 2.24) is 14.8 Å². The molecule has 7 heteroatoms. The number of aromatic nitrogens is 3. The molecule has 0 aliphatic carbocycles. The van der Waals surface area contributed by atoms with Crippen molar-refractivity contribution < 1.29 is 4.92 Å². The standard InChI is InChI=1S/C9H7ClN4O2/c1-6-8(14(15)16)9(10)13(12-6)7-4-2-3-5-11-7/h2-5H,1H3. The number of pyridine rings is 1. The van der Waals surface area contributed by atoms with Crippen LogP contribution in [-0.4, -0.2) is 19.7 Å². The SMILES string of the molecule is Cc1nn(-c2ccccn2)c(Cl)c1[N+](=O)[O-]. The first-order chi connectivity index (χ1) is 7.61. The lowest BCUT2D eigenvalue weighted by atomic mass is 10.4. The van der Waals surface area contributed by atoms with Crippen LogP contribution in [0.25, 0.3) is 5.82 Å². The van der Waals surface area contributed by atoms with Gasteiger partial charge in [-0.1, -0.05) is 17.7 Å². The number of hydrogen-bond acceptors (Lipinski definition) is 4.